The molecule has 1 N–H and O–H groups in total. The summed E-state index contributed by atoms with van der Waals surface area (Å²) in [4.78, 5) is 11.5. The van der Waals surface area contributed by atoms with E-state index >= 15 is 0 Å². The van der Waals surface area contributed by atoms with E-state index in [0.717, 1.165) is 38.6 Å². The fraction of sp³-hybridized carbons (Fsp3) is 0.714. The van der Waals surface area contributed by atoms with Crippen molar-refractivity contribution in [2.45, 2.75) is 31.9 Å². The molecule has 0 aromatic carbocycles. The number of thiazole rings is 1. The summed E-state index contributed by atoms with van der Waals surface area (Å²) >= 11 is 3.75. The van der Waals surface area contributed by atoms with Gasteiger partial charge in [-0.3, -0.25) is 4.99 Å². The highest BCUT2D eigenvalue weighted by atomic mass is 32.2. The van der Waals surface area contributed by atoms with E-state index in [1.165, 1.54) is 10.8 Å². The molecule has 6 heteroatoms. The predicted octanol–water partition coefficient (Wildman–Crippen LogP) is 2.48. The number of rotatable bonds is 4. The van der Waals surface area contributed by atoms with Crippen LogP contribution in [-0.4, -0.2) is 52.5 Å². The molecule has 2 rings (SSSR count). The standard InChI is InChI=1S/C14H24N4S2/c1-4-15-13(17-6-5-12-16-7-9-19-12)18-8-10-20-14(2,3)11-18/h7,9H,4-6,8,10-11H2,1-3H3,(H,15,17). The molecule has 0 bridgehead atoms. The maximum atomic E-state index is 4.77. The predicted molar refractivity (Wildman–Crippen MR) is 89.9 cm³/mol. The van der Waals surface area contributed by atoms with Gasteiger partial charge < -0.3 is 10.2 Å². The molecule has 0 radical (unpaired) electrons. The molecule has 20 heavy (non-hydrogen) atoms. The van der Waals surface area contributed by atoms with Gasteiger partial charge in [-0.2, -0.15) is 11.8 Å². The average molecular weight is 313 g/mol. The third-order valence-electron chi connectivity index (χ3n) is 3.13. The van der Waals surface area contributed by atoms with Gasteiger partial charge in [0.25, 0.3) is 0 Å². The van der Waals surface area contributed by atoms with Crippen molar-refractivity contribution in [3.8, 4) is 0 Å². The minimum Gasteiger partial charge on any atom is -0.357 e. The normalized spacial score (nSPS) is 19.1. The molecule has 2 heterocycles. The van der Waals surface area contributed by atoms with Crippen LogP contribution in [0, 0.1) is 0 Å². The Morgan fingerprint density at radius 3 is 3.05 bits per heavy atom. The zero-order valence-electron chi connectivity index (χ0n) is 12.6. The lowest BCUT2D eigenvalue weighted by atomic mass is 10.2. The molecule has 0 spiro atoms. The van der Waals surface area contributed by atoms with Crippen LogP contribution in [0.15, 0.2) is 16.6 Å². The Morgan fingerprint density at radius 2 is 2.40 bits per heavy atom. The van der Waals surface area contributed by atoms with E-state index in [2.05, 4.69) is 36.0 Å². The molecule has 0 unspecified atom stereocenters. The van der Waals surface area contributed by atoms with Crippen LogP contribution in [0.1, 0.15) is 25.8 Å². The molecule has 1 aromatic heterocycles. The third kappa shape index (κ3) is 4.66. The first-order valence-electron chi connectivity index (χ1n) is 7.16. The molecule has 1 aliphatic rings. The number of nitrogens with zero attached hydrogens (tertiary/aromatic N) is 3. The lowest BCUT2D eigenvalue weighted by molar-refractivity contribution is 0.376. The van der Waals surface area contributed by atoms with Crippen LogP contribution in [0.25, 0.3) is 0 Å². The van der Waals surface area contributed by atoms with Gasteiger partial charge in [0, 0.05) is 54.7 Å². The van der Waals surface area contributed by atoms with Crippen LogP contribution in [0.2, 0.25) is 0 Å². The highest BCUT2D eigenvalue weighted by Gasteiger charge is 2.28. The number of guanidine groups is 1. The van der Waals surface area contributed by atoms with Crippen molar-refractivity contribution < 1.29 is 0 Å². The van der Waals surface area contributed by atoms with Gasteiger partial charge in [-0.25, -0.2) is 4.98 Å². The fourth-order valence-corrected chi connectivity index (χ4v) is 3.98. The van der Waals surface area contributed by atoms with E-state index in [0.29, 0.717) is 4.75 Å². The molecule has 1 fully saturated rings. The summed E-state index contributed by atoms with van der Waals surface area (Å²) in [6.07, 6.45) is 2.79. The molecule has 1 aliphatic heterocycles. The van der Waals surface area contributed by atoms with Gasteiger partial charge in [0.05, 0.1) is 5.01 Å². The van der Waals surface area contributed by atoms with Crippen LogP contribution in [0.4, 0.5) is 0 Å². The van der Waals surface area contributed by atoms with Crippen molar-refractivity contribution in [1.82, 2.24) is 15.2 Å². The summed E-state index contributed by atoms with van der Waals surface area (Å²) in [6.45, 7) is 10.6. The van der Waals surface area contributed by atoms with Crippen LogP contribution >= 0.6 is 23.1 Å². The van der Waals surface area contributed by atoms with Crippen molar-refractivity contribution in [2.24, 2.45) is 4.99 Å². The minimum absolute atomic E-state index is 0.309. The molecular formula is C14H24N4S2. The molecule has 4 nitrogen and oxygen atoms in total. The zero-order chi connectivity index (χ0) is 14.4. The first-order valence-corrected chi connectivity index (χ1v) is 9.03. The first-order chi connectivity index (χ1) is 9.61. The average Bonchev–Trinajstić information content (AvgIpc) is 2.90. The Morgan fingerprint density at radius 1 is 1.55 bits per heavy atom. The van der Waals surface area contributed by atoms with Crippen molar-refractivity contribution >= 4 is 29.1 Å². The number of hydrogen-bond acceptors (Lipinski definition) is 4. The van der Waals surface area contributed by atoms with Crippen LogP contribution < -0.4 is 5.32 Å². The fourth-order valence-electron chi connectivity index (χ4n) is 2.26. The molecule has 0 atom stereocenters. The largest absolute Gasteiger partial charge is 0.357 e. The molecule has 1 saturated heterocycles. The summed E-state index contributed by atoms with van der Waals surface area (Å²) < 4.78 is 0.309. The molecular weight excluding hydrogens is 288 g/mol. The maximum Gasteiger partial charge on any atom is 0.193 e. The van der Waals surface area contributed by atoms with Crippen molar-refractivity contribution in [3.63, 3.8) is 0 Å². The number of aliphatic imine (C=N–C) groups is 1. The Kier molecular flexibility index (Phi) is 5.72. The van der Waals surface area contributed by atoms with Gasteiger partial charge in [0.15, 0.2) is 5.96 Å². The highest BCUT2D eigenvalue weighted by molar-refractivity contribution is 8.00. The summed E-state index contributed by atoms with van der Waals surface area (Å²) in [7, 11) is 0. The van der Waals surface area contributed by atoms with Crippen molar-refractivity contribution in [1.29, 1.82) is 0 Å². The van der Waals surface area contributed by atoms with Gasteiger partial charge in [-0.15, -0.1) is 11.3 Å². The third-order valence-corrected chi connectivity index (χ3v) is 5.27. The summed E-state index contributed by atoms with van der Waals surface area (Å²) in [6, 6.07) is 0. The molecule has 0 saturated carbocycles. The van der Waals surface area contributed by atoms with E-state index in [1.807, 2.05) is 23.3 Å². The molecule has 112 valence electrons. The van der Waals surface area contributed by atoms with Crippen LogP contribution in [0.5, 0.6) is 0 Å². The van der Waals surface area contributed by atoms with Gasteiger partial charge in [-0.1, -0.05) is 0 Å². The second-order valence-corrected chi connectivity index (χ2v) is 8.22. The Hall–Kier alpha value is -0.750. The Balaban J connectivity index is 1.94. The van der Waals surface area contributed by atoms with E-state index in [1.54, 1.807) is 11.3 Å². The van der Waals surface area contributed by atoms with Gasteiger partial charge in [0.2, 0.25) is 0 Å². The number of hydrogen-bond donors (Lipinski definition) is 1. The quantitative estimate of drug-likeness (QED) is 0.685. The van der Waals surface area contributed by atoms with E-state index in [4.69, 9.17) is 4.99 Å². The smallest absolute Gasteiger partial charge is 0.193 e. The monoisotopic (exact) mass is 312 g/mol. The molecule has 0 aliphatic carbocycles. The Bertz CT molecular complexity index is 428. The van der Waals surface area contributed by atoms with Crippen LogP contribution in [0.3, 0.4) is 0 Å². The van der Waals surface area contributed by atoms with Gasteiger partial charge >= 0.3 is 0 Å². The minimum atomic E-state index is 0.309. The van der Waals surface area contributed by atoms with Crippen LogP contribution in [-0.2, 0) is 6.42 Å². The summed E-state index contributed by atoms with van der Waals surface area (Å²) in [5, 5.41) is 6.61. The number of thioether (sulfide) groups is 1. The lowest BCUT2D eigenvalue weighted by Gasteiger charge is -2.39. The van der Waals surface area contributed by atoms with E-state index < -0.39 is 0 Å². The lowest BCUT2D eigenvalue weighted by Crippen LogP contribution is -2.51. The topological polar surface area (TPSA) is 40.5 Å². The van der Waals surface area contributed by atoms with E-state index in [9.17, 15) is 0 Å². The maximum absolute atomic E-state index is 4.77. The second kappa shape index (κ2) is 7.31. The first kappa shape index (κ1) is 15.6. The summed E-state index contributed by atoms with van der Waals surface area (Å²) in [5.41, 5.74) is 0. The Labute approximate surface area is 130 Å². The van der Waals surface area contributed by atoms with Gasteiger partial charge in [0.1, 0.15) is 0 Å². The summed E-state index contributed by atoms with van der Waals surface area (Å²) in [5.74, 6) is 2.22. The zero-order valence-corrected chi connectivity index (χ0v) is 14.2. The second-order valence-electron chi connectivity index (χ2n) is 5.44. The number of nitrogens with one attached hydrogen (secondary N) is 1. The number of aromatic nitrogens is 1. The molecule has 0 amide bonds. The SMILES string of the molecule is CCNC(=NCCc1nccs1)N1CCSC(C)(C)C1. The van der Waals surface area contributed by atoms with Crippen molar-refractivity contribution in [2.75, 3.05) is 31.9 Å². The van der Waals surface area contributed by atoms with Gasteiger partial charge in [-0.05, 0) is 20.8 Å². The van der Waals surface area contributed by atoms with Crippen molar-refractivity contribution in [3.05, 3.63) is 16.6 Å². The molecule has 1 aromatic rings. The highest BCUT2D eigenvalue weighted by Crippen LogP contribution is 2.29. The van der Waals surface area contributed by atoms with E-state index in [-0.39, 0.29) is 0 Å².